The minimum Gasteiger partial charge on any atom is -0.309 e. The molecule has 0 N–H and O–H groups in total. The molecule has 1 heterocycles. The molecule has 0 aliphatic rings. The first-order valence-electron chi connectivity index (χ1n) is 12.4. The number of hydrogen-bond acceptors (Lipinski definition) is 0. The first-order valence-corrected chi connectivity index (χ1v) is 12.4. The predicted octanol–water partition coefficient (Wildman–Crippen LogP) is 9.54. The molecule has 1 nitrogen and oxygen atoms in total. The van der Waals surface area contributed by atoms with Crippen molar-refractivity contribution < 1.29 is 0 Å². The standard InChI is InChI=1S/C34H27N/c1-34(2,3)23-17-19-24(20-18-23)35-30-21-16-22-10-4-5-11-25(22)31(30)32-28-14-8-6-12-26(28)27-13-7-9-15-29(27)33(32)35/h4-21H,1-3H3. The van der Waals surface area contributed by atoms with Gasteiger partial charge in [-0.25, -0.2) is 0 Å². The van der Waals surface area contributed by atoms with E-state index in [2.05, 4.69) is 135 Å². The SMILES string of the molecule is CC(C)(C)c1ccc(-n2c3ccc4ccccc4c3c3c4ccccc4c4ccccc4c32)cc1. The Hall–Kier alpha value is -4.10. The Morgan fingerprint density at radius 2 is 1.06 bits per heavy atom. The summed E-state index contributed by atoms with van der Waals surface area (Å²) < 4.78 is 2.48. The molecule has 168 valence electrons. The zero-order chi connectivity index (χ0) is 23.7. The lowest BCUT2D eigenvalue weighted by Crippen LogP contribution is -2.10. The van der Waals surface area contributed by atoms with Crippen molar-refractivity contribution >= 4 is 54.1 Å². The lowest BCUT2D eigenvalue weighted by molar-refractivity contribution is 0.590. The van der Waals surface area contributed by atoms with Crippen LogP contribution in [-0.4, -0.2) is 4.57 Å². The van der Waals surface area contributed by atoms with Crippen molar-refractivity contribution in [3.63, 3.8) is 0 Å². The average Bonchev–Trinajstić information content (AvgIpc) is 3.25. The van der Waals surface area contributed by atoms with Crippen molar-refractivity contribution in [2.75, 3.05) is 0 Å². The Bertz CT molecular complexity index is 1910. The first-order chi connectivity index (χ1) is 17.0. The van der Waals surface area contributed by atoms with E-state index < -0.39 is 0 Å². The summed E-state index contributed by atoms with van der Waals surface area (Å²) in [6, 6.07) is 40.3. The molecular formula is C34H27N. The highest BCUT2D eigenvalue weighted by atomic mass is 15.0. The number of fused-ring (bicyclic) bond motifs is 10. The lowest BCUT2D eigenvalue weighted by Gasteiger charge is -2.20. The summed E-state index contributed by atoms with van der Waals surface area (Å²) in [4.78, 5) is 0. The van der Waals surface area contributed by atoms with Gasteiger partial charge in [0.05, 0.1) is 11.0 Å². The van der Waals surface area contributed by atoms with E-state index in [4.69, 9.17) is 0 Å². The van der Waals surface area contributed by atoms with Gasteiger partial charge in [-0.1, -0.05) is 112 Å². The quantitative estimate of drug-likeness (QED) is 0.220. The maximum atomic E-state index is 2.48. The van der Waals surface area contributed by atoms with Crippen LogP contribution in [0, 0.1) is 0 Å². The van der Waals surface area contributed by atoms with Gasteiger partial charge in [0, 0.05) is 21.8 Å². The van der Waals surface area contributed by atoms with Gasteiger partial charge in [0.15, 0.2) is 0 Å². The van der Waals surface area contributed by atoms with Gasteiger partial charge in [0.25, 0.3) is 0 Å². The van der Waals surface area contributed by atoms with Gasteiger partial charge >= 0.3 is 0 Å². The summed E-state index contributed by atoms with van der Waals surface area (Å²) in [6.45, 7) is 6.82. The Morgan fingerprint density at radius 1 is 0.486 bits per heavy atom. The molecule has 6 aromatic carbocycles. The number of aromatic nitrogens is 1. The van der Waals surface area contributed by atoms with Gasteiger partial charge in [-0.2, -0.15) is 0 Å². The first kappa shape index (κ1) is 20.3. The monoisotopic (exact) mass is 449 g/mol. The van der Waals surface area contributed by atoms with Crippen LogP contribution < -0.4 is 0 Å². The third-order valence-electron chi connectivity index (χ3n) is 7.52. The number of rotatable bonds is 1. The van der Waals surface area contributed by atoms with E-state index in [0.29, 0.717) is 0 Å². The van der Waals surface area contributed by atoms with Gasteiger partial charge in [-0.3, -0.25) is 0 Å². The number of hydrogen-bond donors (Lipinski definition) is 0. The summed E-state index contributed by atoms with van der Waals surface area (Å²) in [5.41, 5.74) is 5.22. The van der Waals surface area contributed by atoms with Crippen LogP contribution in [0.5, 0.6) is 0 Å². The molecule has 0 fully saturated rings. The van der Waals surface area contributed by atoms with Gasteiger partial charge < -0.3 is 4.57 Å². The van der Waals surface area contributed by atoms with E-state index in [-0.39, 0.29) is 5.41 Å². The predicted molar refractivity (Wildman–Crippen MR) is 152 cm³/mol. The van der Waals surface area contributed by atoms with Crippen LogP contribution in [0.4, 0.5) is 0 Å². The van der Waals surface area contributed by atoms with Crippen LogP contribution >= 0.6 is 0 Å². The Labute approximate surface area is 205 Å². The molecule has 0 amide bonds. The molecule has 0 radical (unpaired) electrons. The third kappa shape index (κ3) is 2.88. The van der Waals surface area contributed by atoms with Crippen molar-refractivity contribution in [2.45, 2.75) is 26.2 Å². The molecule has 0 unspecified atom stereocenters. The van der Waals surface area contributed by atoms with Gasteiger partial charge in [0.1, 0.15) is 0 Å². The van der Waals surface area contributed by atoms with Crippen LogP contribution in [0.15, 0.2) is 109 Å². The molecular weight excluding hydrogens is 422 g/mol. The van der Waals surface area contributed by atoms with Crippen LogP contribution in [-0.2, 0) is 5.41 Å². The highest BCUT2D eigenvalue weighted by Crippen LogP contribution is 2.44. The molecule has 0 bridgehead atoms. The van der Waals surface area contributed by atoms with Crippen molar-refractivity contribution in [3.05, 3.63) is 115 Å². The van der Waals surface area contributed by atoms with E-state index in [1.54, 1.807) is 0 Å². The fourth-order valence-electron chi connectivity index (χ4n) is 5.82. The van der Waals surface area contributed by atoms with Crippen molar-refractivity contribution in [1.82, 2.24) is 4.57 Å². The lowest BCUT2D eigenvalue weighted by atomic mass is 9.87. The van der Waals surface area contributed by atoms with Crippen LogP contribution in [0.2, 0.25) is 0 Å². The fraction of sp³-hybridized carbons (Fsp3) is 0.118. The minimum atomic E-state index is 0.123. The van der Waals surface area contributed by atoms with E-state index in [1.165, 1.54) is 65.4 Å². The van der Waals surface area contributed by atoms with E-state index in [1.807, 2.05) is 0 Å². The molecule has 0 aliphatic heterocycles. The number of nitrogens with zero attached hydrogens (tertiary/aromatic N) is 1. The van der Waals surface area contributed by atoms with Crippen molar-refractivity contribution in [3.8, 4) is 5.69 Å². The maximum Gasteiger partial charge on any atom is 0.0626 e. The molecule has 0 spiro atoms. The maximum absolute atomic E-state index is 2.48. The second kappa shape index (κ2) is 7.20. The normalized spacial score (nSPS) is 12.4. The second-order valence-electron chi connectivity index (χ2n) is 10.6. The zero-order valence-corrected chi connectivity index (χ0v) is 20.3. The van der Waals surface area contributed by atoms with Crippen molar-refractivity contribution in [2.24, 2.45) is 0 Å². The van der Waals surface area contributed by atoms with Crippen LogP contribution in [0.25, 0.3) is 59.8 Å². The molecule has 0 aliphatic carbocycles. The molecule has 7 rings (SSSR count). The summed E-state index contributed by atoms with van der Waals surface area (Å²) in [7, 11) is 0. The molecule has 0 saturated heterocycles. The topological polar surface area (TPSA) is 4.93 Å². The molecule has 0 saturated carbocycles. The minimum absolute atomic E-state index is 0.123. The largest absolute Gasteiger partial charge is 0.309 e. The molecule has 35 heavy (non-hydrogen) atoms. The Morgan fingerprint density at radius 3 is 1.74 bits per heavy atom. The molecule has 1 aromatic heterocycles. The summed E-state index contributed by atoms with van der Waals surface area (Å²) in [5, 5.41) is 10.5. The zero-order valence-electron chi connectivity index (χ0n) is 20.3. The van der Waals surface area contributed by atoms with Crippen molar-refractivity contribution in [1.29, 1.82) is 0 Å². The molecule has 1 heteroatoms. The third-order valence-corrected chi connectivity index (χ3v) is 7.52. The van der Waals surface area contributed by atoms with Gasteiger partial charge in [0.2, 0.25) is 0 Å². The highest BCUT2D eigenvalue weighted by molar-refractivity contribution is 6.35. The van der Waals surface area contributed by atoms with Gasteiger partial charge in [-0.05, 0) is 56.1 Å². The second-order valence-corrected chi connectivity index (χ2v) is 10.6. The fourth-order valence-corrected chi connectivity index (χ4v) is 5.82. The highest BCUT2D eigenvalue weighted by Gasteiger charge is 2.21. The summed E-state index contributed by atoms with van der Waals surface area (Å²) in [6.07, 6.45) is 0. The summed E-state index contributed by atoms with van der Waals surface area (Å²) >= 11 is 0. The van der Waals surface area contributed by atoms with E-state index >= 15 is 0 Å². The number of benzene rings is 6. The Balaban J connectivity index is 1.77. The molecule has 0 atom stereocenters. The smallest absolute Gasteiger partial charge is 0.0626 e. The average molecular weight is 450 g/mol. The van der Waals surface area contributed by atoms with Gasteiger partial charge in [-0.15, -0.1) is 0 Å². The van der Waals surface area contributed by atoms with E-state index in [9.17, 15) is 0 Å². The summed E-state index contributed by atoms with van der Waals surface area (Å²) in [5.74, 6) is 0. The Kier molecular flexibility index (Phi) is 4.17. The van der Waals surface area contributed by atoms with Crippen LogP contribution in [0.1, 0.15) is 26.3 Å². The van der Waals surface area contributed by atoms with Crippen LogP contribution in [0.3, 0.4) is 0 Å². The van der Waals surface area contributed by atoms with E-state index in [0.717, 1.165) is 0 Å². The molecule has 7 aromatic rings.